The van der Waals surface area contributed by atoms with Gasteiger partial charge in [0.2, 0.25) is 5.24 Å². The Morgan fingerprint density at radius 2 is 2.14 bits per heavy atom. The van der Waals surface area contributed by atoms with E-state index in [-0.39, 0.29) is 4.88 Å². The predicted molar refractivity (Wildman–Crippen MR) is 49.2 cm³/mol. The zero-order valence-corrected chi connectivity index (χ0v) is 8.21. The number of rotatable bonds is 2. The number of thiophene rings is 1. The number of hydrogen-bond donors (Lipinski definition) is 0. The van der Waals surface area contributed by atoms with E-state index in [1.807, 2.05) is 0 Å². The van der Waals surface area contributed by atoms with Crippen molar-refractivity contribution in [1.82, 2.24) is 0 Å². The van der Waals surface area contributed by atoms with Crippen LogP contribution in [-0.2, 0) is 4.79 Å². The summed E-state index contributed by atoms with van der Waals surface area (Å²) in [4.78, 5) is 10.4. The fourth-order valence-electron chi connectivity index (χ4n) is 0.838. The van der Waals surface area contributed by atoms with Crippen LogP contribution in [0.4, 0.5) is 13.2 Å². The molecule has 0 amide bonds. The molecular formula is C8H4ClF3OS. The van der Waals surface area contributed by atoms with Gasteiger partial charge in [-0.1, -0.05) is 6.07 Å². The highest BCUT2D eigenvalue weighted by Crippen LogP contribution is 2.36. The maximum Gasteiger partial charge on any atom is 0.417 e. The molecule has 0 atom stereocenters. The fourth-order valence-corrected chi connectivity index (χ4v) is 1.71. The minimum Gasteiger partial charge on any atom is -0.276 e. The van der Waals surface area contributed by atoms with Crippen LogP contribution in [0.3, 0.4) is 0 Å². The van der Waals surface area contributed by atoms with Crippen LogP contribution in [0.2, 0.25) is 0 Å². The summed E-state index contributed by atoms with van der Waals surface area (Å²) < 4.78 is 37.1. The lowest BCUT2D eigenvalue weighted by molar-refractivity contribution is -0.108. The summed E-state index contributed by atoms with van der Waals surface area (Å²) >= 11 is 5.79. The molecule has 0 aliphatic heterocycles. The Balaban J connectivity index is 3.14. The van der Waals surface area contributed by atoms with Gasteiger partial charge in [0.05, 0.1) is 5.57 Å². The topological polar surface area (TPSA) is 17.1 Å². The number of hydrogen-bond acceptors (Lipinski definition) is 2. The summed E-state index contributed by atoms with van der Waals surface area (Å²) in [5.41, 5.74) is -1.01. The van der Waals surface area contributed by atoms with Crippen LogP contribution in [0.25, 0.3) is 5.57 Å². The SMILES string of the molecule is O=C(Cl)/C=C(\c1cccs1)C(F)(F)F. The van der Waals surface area contributed by atoms with Crippen LogP contribution in [0.5, 0.6) is 0 Å². The van der Waals surface area contributed by atoms with Crippen molar-refractivity contribution >= 4 is 33.8 Å². The standard InChI is InChI=1S/C8H4ClF3OS/c9-7(13)4-5(8(10,11)12)6-2-1-3-14-6/h1-4H/b5-4+. The molecule has 1 heterocycles. The summed E-state index contributed by atoms with van der Waals surface area (Å²) in [7, 11) is 0. The molecule has 6 heteroatoms. The molecule has 1 aromatic rings. The van der Waals surface area contributed by atoms with Gasteiger partial charge in [0.25, 0.3) is 0 Å². The number of alkyl halides is 3. The summed E-state index contributed by atoms with van der Waals surface area (Å²) in [5, 5.41) is 0.360. The van der Waals surface area contributed by atoms with Gasteiger partial charge in [-0.15, -0.1) is 11.3 Å². The molecule has 0 aromatic carbocycles. The summed E-state index contributed by atoms with van der Waals surface area (Å²) in [6.07, 6.45) is -4.18. The summed E-state index contributed by atoms with van der Waals surface area (Å²) in [6.45, 7) is 0. The zero-order chi connectivity index (χ0) is 10.8. The van der Waals surface area contributed by atoms with Crippen LogP contribution in [0, 0.1) is 0 Å². The largest absolute Gasteiger partial charge is 0.417 e. The van der Waals surface area contributed by atoms with Crippen LogP contribution >= 0.6 is 22.9 Å². The van der Waals surface area contributed by atoms with Crippen molar-refractivity contribution in [2.24, 2.45) is 0 Å². The maximum absolute atomic E-state index is 12.4. The molecule has 1 rings (SSSR count). The molecule has 0 radical (unpaired) electrons. The predicted octanol–water partition coefficient (Wildman–Crippen LogP) is 3.46. The van der Waals surface area contributed by atoms with Gasteiger partial charge in [0, 0.05) is 11.0 Å². The number of carbonyl (C=O) groups is 1. The normalized spacial score (nSPS) is 13.0. The van der Waals surface area contributed by atoms with Gasteiger partial charge in [-0.3, -0.25) is 4.79 Å². The van der Waals surface area contributed by atoms with E-state index in [1.165, 1.54) is 17.5 Å². The molecule has 76 valence electrons. The Hall–Kier alpha value is -0.810. The summed E-state index contributed by atoms with van der Waals surface area (Å²) in [6, 6.07) is 2.75. The molecular weight excluding hydrogens is 237 g/mol. The second kappa shape index (κ2) is 4.14. The van der Waals surface area contributed by atoms with Crippen molar-refractivity contribution in [3.8, 4) is 0 Å². The quantitative estimate of drug-likeness (QED) is 0.572. The van der Waals surface area contributed by atoms with Crippen molar-refractivity contribution in [1.29, 1.82) is 0 Å². The first-order valence-corrected chi connectivity index (χ1v) is 4.69. The molecule has 0 aliphatic carbocycles. The third-order valence-corrected chi connectivity index (χ3v) is 2.36. The van der Waals surface area contributed by atoms with Crippen molar-refractivity contribution in [3.05, 3.63) is 28.5 Å². The minimum atomic E-state index is -4.56. The van der Waals surface area contributed by atoms with E-state index in [0.29, 0.717) is 6.08 Å². The second-order valence-corrected chi connectivity index (χ2v) is 3.66. The van der Waals surface area contributed by atoms with Crippen LogP contribution in [-0.4, -0.2) is 11.4 Å². The molecule has 0 fully saturated rings. The third kappa shape index (κ3) is 2.85. The molecule has 1 nitrogen and oxygen atoms in total. The van der Waals surface area contributed by atoms with Gasteiger partial charge in [-0.05, 0) is 23.0 Å². The molecule has 0 spiro atoms. The monoisotopic (exact) mass is 240 g/mol. The average Bonchev–Trinajstić information content (AvgIpc) is 2.49. The highest BCUT2D eigenvalue weighted by molar-refractivity contribution is 7.11. The molecule has 0 unspecified atom stereocenters. The number of carbonyl (C=O) groups excluding carboxylic acids is 1. The van der Waals surface area contributed by atoms with Crippen LogP contribution in [0.1, 0.15) is 4.88 Å². The smallest absolute Gasteiger partial charge is 0.276 e. The zero-order valence-electron chi connectivity index (χ0n) is 6.64. The van der Waals surface area contributed by atoms with E-state index in [2.05, 4.69) is 0 Å². The Kier molecular flexibility index (Phi) is 3.34. The van der Waals surface area contributed by atoms with Gasteiger partial charge in [-0.2, -0.15) is 13.2 Å². The second-order valence-electron chi connectivity index (χ2n) is 2.34. The highest BCUT2D eigenvalue weighted by atomic mass is 35.5. The van der Waals surface area contributed by atoms with E-state index >= 15 is 0 Å². The molecule has 0 saturated heterocycles. The van der Waals surface area contributed by atoms with Crippen LogP contribution < -0.4 is 0 Å². The van der Waals surface area contributed by atoms with Gasteiger partial charge < -0.3 is 0 Å². The molecule has 0 N–H and O–H groups in total. The lowest BCUT2D eigenvalue weighted by atomic mass is 10.2. The molecule has 0 saturated carbocycles. The minimum absolute atomic E-state index is 0.0218. The van der Waals surface area contributed by atoms with Gasteiger partial charge in [0.15, 0.2) is 0 Å². The van der Waals surface area contributed by atoms with Gasteiger partial charge in [0.1, 0.15) is 0 Å². The fraction of sp³-hybridized carbons (Fsp3) is 0.125. The highest BCUT2D eigenvalue weighted by Gasteiger charge is 2.35. The average molecular weight is 241 g/mol. The molecule has 1 aromatic heterocycles. The van der Waals surface area contributed by atoms with E-state index in [1.54, 1.807) is 0 Å². The van der Waals surface area contributed by atoms with E-state index in [9.17, 15) is 18.0 Å². The molecule has 14 heavy (non-hydrogen) atoms. The van der Waals surface area contributed by atoms with Gasteiger partial charge in [-0.25, -0.2) is 0 Å². The Labute approximate surface area is 86.8 Å². The molecule has 0 bridgehead atoms. The Morgan fingerprint density at radius 3 is 2.50 bits per heavy atom. The Bertz CT molecular complexity index is 353. The third-order valence-electron chi connectivity index (χ3n) is 1.35. The van der Waals surface area contributed by atoms with Crippen molar-refractivity contribution in [3.63, 3.8) is 0 Å². The number of allylic oxidation sites excluding steroid dienone is 2. The van der Waals surface area contributed by atoms with Crippen molar-refractivity contribution < 1.29 is 18.0 Å². The summed E-state index contributed by atoms with van der Waals surface area (Å²) in [5.74, 6) is 0. The first-order chi connectivity index (χ1) is 6.41. The first kappa shape index (κ1) is 11.3. The lowest BCUT2D eigenvalue weighted by Gasteiger charge is -2.08. The maximum atomic E-state index is 12.4. The van der Waals surface area contributed by atoms with E-state index in [0.717, 1.165) is 11.3 Å². The lowest BCUT2D eigenvalue weighted by Crippen LogP contribution is -2.10. The van der Waals surface area contributed by atoms with E-state index < -0.39 is 17.0 Å². The van der Waals surface area contributed by atoms with Crippen LogP contribution in [0.15, 0.2) is 23.6 Å². The van der Waals surface area contributed by atoms with Crippen molar-refractivity contribution in [2.45, 2.75) is 6.18 Å². The molecule has 0 aliphatic rings. The van der Waals surface area contributed by atoms with Gasteiger partial charge >= 0.3 is 6.18 Å². The van der Waals surface area contributed by atoms with E-state index in [4.69, 9.17) is 11.6 Å². The number of halogens is 4. The first-order valence-electron chi connectivity index (χ1n) is 3.43. The van der Waals surface area contributed by atoms with Crippen molar-refractivity contribution in [2.75, 3.05) is 0 Å². The Morgan fingerprint density at radius 1 is 1.50 bits per heavy atom.